The van der Waals surface area contributed by atoms with Gasteiger partial charge in [0.15, 0.2) is 0 Å². The smallest absolute Gasteiger partial charge is 0.0512 e. The predicted octanol–water partition coefficient (Wildman–Crippen LogP) is 2.79. The molecule has 0 spiro atoms. The van der Waals surface area contributed by atoms with Gasteiger partial charge in [0.25, 0.3) is 0 Å². The van der Waals surface area contributed by atoms with E-state index in [0.29, 0.717) is 5.92 Å². The quantitative estimate of drug-likeness (QED) is 0.840. The first-order chi connectivity index (χ1) is 7.18. The highest BCUT2D eigenvalue weighted by molar-refractivity contribution is 7.12. The van der Waals surface area contributed by atoms with E-state index in [9.17, 15) is 0 Å². The van der Waals surface area contributed by atoms with Crippen molar-refractivity contribution in [3.05, 3.63) is 21.4 Å². The van der Waals surface area contributed by atoms with Gasteiger partial charge in [-0.15, -0.1) is 11.3 Å². The molecule has 2 atom stereocenters. The summed E-state index contributed by atoms with van der Waals surface area (Å²) in [5.74, 6) is 0.510. The van der Waals surface area contributed by atoms with E-state index in [2.05, 4.69) is 19.9 Å². The third-order valence-electron chi connectivity index (χ3n) is 3.09. The lowest BCUT2D eigenvalue weighted by atomic mass is 9.92. The Morgan fingerprint density at radius 1 is 1.53 bits per heavy atom. The molecule has 0 saturated carbocycles. The van der Waals surface area contributed by atoms with Gasteiger partial charge in [-0.25, -0.2) is 0 Å². The zero-order valence-corrected chi connectivity index (χ0v) is 10.3. The van der Waals surface area contributed by atoms with E-state index >= 15 is 0 Å². The minimum Gasteiger partial charge on any atom is -0.381 e. The van der Waals surface area contributed by atoms with Crippen molar-refractivity contribution in [2.75, 3.05) is 13.2 Å². The molecule has 1 aromatic rings. The van der Waals surface area contributed by atoms with Gasteiger partial charge < -0.3 is 10.5 Å². The minimum absolute atomic E-state index is 0.170. The fourth-order valence-corrected chi connectivity index (χ4v) is 3.38. The minimum atomic E-state index is 0.170. The topological polar surface area (TPSA) is 35.2 Å². The van der Waals surface area contributed by atoms with Crippen LogP contribution in [0.4, 0.5) is 0 Å². The maximum Gasteiger partial charge on any atom is 0.0512 e. The fourth-order valence-electron chi connectivity index (χ4n) is 2.25. The predicted molar refractivity (Wildman–Crippen MR) is 64.3 cm³/mol. The maximum absolute atomic E-state index is 6.31. The average molecular weight is 225 g/mol. The molecule has 1 saturated heterocycles. The highest BCUT2D eigenvalue weighted by Gasteiger charge is 2.24. The summed E-state index contributed by atoms with van der Waals surface area (Å²) in [6.45, 7) is 6.04. The molecule has 15 heavy (non-hydrogen) atoms. The molecule has 0 aromatic carbocycles. The number of hydrogen-bond acceptors (Lipinski definition) is 3. The SMILES string of the molecule is Cc1cc(C)c(C(N)C2CCCOC2)s1. The molecular weight excluding hydrogens is 206 g/mol. The summed E-state index contributed by atoms with van der Waals surface area (Å²) in [6.07, 6.45) is 2.36. The van der Waals surface area contributed by atoms with Crippen molar-refractivity contribution in [1.82, 2.24) is 0 Å². The Labute approximate surface area is 95.4 Å². The molecule has 1 fully saturated rings. The molecule has 0 aliphatic carbocycles. The number of hydrogen-bond donors (Lipinski definition) is 1. The lowest BCUT2D eigenvalue weighted by molar-refractivity contribution is 0.0451. The van der Waals surface area contributed by atoms with Crippen molar-refractivity contribution in [3.8, 4) is 0 Å². The van der Waals surface area contributed by atoms with E-state index in [-0.39, 0.29) is 6.04 Å². The number of ether oxygens (including phenoxy) is 1. The van der Waals surface area contributed by atoms with Crippen LogP contribution in [0.15, 0.2) is 6.07 Å². The van der Waals surface area contributed by atoms with Crippen LogP contribution in [0, 0.1) is 19.8 Å². The fraction of sp³-hybridized carbons (Fsp3) is 0.667. The van der Waals surface area contributed by atoms with E-state index in [0.717, 1.165) is 19.6 Å². The molecule has 1 aliphatic heterocycles. The highest BCUT2D eigenvalue weighted by atomic mass is 32.1. The third kappa shape index (κ3) is 2.41. The highest BCUT2D eigenvalue weighted by Crippen LogP contribution is 2.33. The van der Waals surface area contributed by atoms with Gasteiger partial charge in [0.2, 0.25) is 0 Å². The Balaban J connectivity index is 2.12. The van der Waals surface area contributed by atoms with E-state index in [4.69, 9.17) is 10.5 Å². The van der Waals surface area contributed by atoms with Crippen molar-refractivity contribution < 1.29 is 4.74 Å². The van der Waals surface area contributed by atoms with Crippen LogP contribution in [-0.2, 0) is 4.74 Å². The Bertz CT molecular complexity index is 328. The molecule has 3 heteroatoms. The molecule has 0 amide bonds. The van der Waals surface area contributed by atoms with Crippen LogP contribution < -0.4 is 5.73 Å². The Hall–Kier alpha value is -0.380. The lowest BCUT2D eigenvalue weighted by Gasteiger charge is -2.27. The van der Waals surface area contributed by atoms with Crippen molar-refractivity contribution in [2.45, 2.75) is 32.7 Å². The molecule has 2 heterocycles. The molecule has 2 rings (SSSR count). The van der Waals surface area contributed by atoms with Gasteiger partial charge in [0.1, 0.15) is 0 Å². The van der Waals surface area contributed by atoms with Gasteiger partial charge in [-0.05, 0) is 38.3 Å². The third-order valence-corrected chi connectivity index (χ3v) is 4.34. The van der Waals surface area contributed by atoms with Crippen molar-refractivity contribution in [1.29, 1.82) is 0 Å². The normalized spacial score (nSPS) is 24.1. The lowest BCUT2D eigenvalue weighted by Crippen LogP contribution is -2.28. The van der Waals surface area contributed by atoms with Gasteiger partial charge in [-0.1, -0.05) is 0 Å². The van der Waals surface area contributed by atoms with Crippen molar-refractivity contribution >= 4 is 11.3 Å². The van der Waals surface area contributed by atoms with Crippen LogP contribution in [-0.4, -0.2) is 13.2 Å². The van der Waals surface area contributed by atoms with Gasteiger partial charge in [0, 0.05) is 28.3 Å². The second-order valence-corrected chi connectivity index (χ2v) is 5.70. The number of aryl methyl sites for hydroxylation is 2. The summed E-state index contributed by atoms with van der Waals surface area (Å²) in [4.78, 5) is 2.71. The first-order valence-electron chi connectivity index (χ1n) is 5.58. The number of thiophene rings is 1. The summed E-state index contributed by atoms with van der Waals surface area (Å²) in [5, 5.41) is 0. The van der Waals surface area contributed by atoms with Gasteiger partial charge in [-0.3, -0.25) is 0 Å². The Morgan fingerprint density at radius 2 is 2.33 bits per heavy atom. The molecular formula is C12H19NOS. The molecule has 1 aromatic heterocycles. The average Bonchev–Trinajstić information content (AvgIpc) is 2.58. The molecule has 2 unspecified atom stereocenters. The van der Waals surface area contributed by atoms with Gasteiger partial charge in [0.05, 0.1) is 6.61 Å². The van der Waals surface area contributed by atoms with Crippen molar-refractivity contribution in [3.63, 3.8) is 0 Å². The first kappa shape index (κ1) is 11.1. The summed E-state index contributed by atoms with van der Waals surface area (Å²) in [5.41, 5.74) is 7.66. The summed E-state index contributed by atoms with van der Waals surface area (Å²) in [6, 6.07) is 2.40. The Morgan fingerprint density at radius 3 is 2.87 bits per heavy atom. The van der Waals surface area contributed by atoms with Crippen LogP contribution >= 0.6 is 11.3 Å². The second-order valence-electron chi connectivity index (χ2n) is 4.41. The largest absolute Gasteiger partial charge is 0.381 e. The van der Waals surface area contributed by atoms with Crippen LogP contribution in [0.3, 0.4) is 0 Å². The maximum atomic E-state index is 6.31. The monoisotopic (exact) mass is 225 g/mol. The molecule has 1 aliphatic rings. The molecule has 0 bridgehead atoms. The van der Waals surface area contributed by atoms with E-state index < -0.39 is 0 Å². The van der Waals surface area contributed by atoms with E-state index in [1.54, 1.807) is 0 Å². The first-order valence-corrected chi connectivity index (χ1v) is 6.40. The number of rotatable bonds is 2. The van der Waals surface area contributed by atoms with Crippen LogP contribution in [0.5, 0.6) is 0 Å². The molecule has 2 N–H and O–H groups in total. The van der Waals surface area contributed by atoms with Gasteiger partial charge in [-0.2, -0.15) is 0 Å². The van der Waals surface area contributed by atoms with Crippen molar-refractivity contribution in [2.24, 2.45) is 11.7 Å². The second kappa shape index (κ2) is 4.64. The van der Waals surface area contributed by atoms with E-state index in [1.165, 1.54) is 21.7 Å². The standard InChI is InChI=1S/C12H19NOS/c1-8-6-9(2)15-12(8)11(13)10-4-3-5-14-7-10/h6,10-11H,3-5,7,13H2,1-2H3. The summed E-state index contributed by atoms with van der Waals surface area (Å²) in [7, 11) is 0. The molecule has 2 nitrogen and oxygen atoms in total. The zero-order valence-electron chi connectivity index (χ0n) is 9.45. The van der Waals surface area contributed by atoms with E-state index in [1.807, 2.05) is 11.3 Å². The van der Waals surface area contributed by atoms with Crippen LogP contribution in [0.2, 0.25) is 0 Å². The zero-order chi connectivity index (χ0) is 10.8. The molecule has 0 radical (unpaired) electrons. The summed E-state index contributed by atoms with van der Waals surface area (Å²) < 4.78 is 5.50. The summed E-state index contributed by atoms with van der Waals surface area (Å²) >= 11 is 1.84. The van der Waals surface area contributed by atoms with Crippen LogP contribution in [0.25, 0.3) is 0 Å². The number of nitrogens with two attached hydrogens (primary N) is 1. The Kier molecular flexibility index (Phi) is 3.44. The molecule has 84 valence electrons. The van der Waals surface area contributed by atoms with Crippen LogP contribution in [0.1, 0.15) is 34.2 Å². The van der Waals surface area contributed by atoms with Gasteiger partial charge >= 0.3 is 0 Å².